The van der Waals surface area contributed by atoms with Crippen LogP contribution in [0, 0.1) is 20.8 Å². The number of rotatable bonds is 7. The molecule has 39 heavy (non-hydrogen) atoms. The van der Waals surface area contributed by atoms with Gasteiger partial charge >= 0.3 is 16.1 Å². The minimum Gasteiger partial charge on any atom is -0.490 e. The number of nitrogens with one attached hydrogen (secondary N) is 1. The summed E-state index contributed by atoms with van der Waals surface area (Å²) in [6.07, 6.45) is 1.30. The minimum absolute atomic E-state index is 0.0331. The Balaban J connectivity index is 1.73. The van der Waals surface area contributed by atoms with Gasteiger partial charge in [0.2, 0.25) is 0 Å². The number of barbiturate groups is 1. The predicted molar refractivity (Wildman–Crippen MR) is 149 cm³/mol. The number of hydrogen-bond acceptors (Lipinski definition) is 7. The van der Waals surface area contributed by atoms with Crippen molar-refractivity contribution >= 4 is 55.7 Å². The van der Waals surface area contributed by atoms with Crippen molar-refractivity contribution in [2.75, 3.05) is 11.5 Å². The molecule has 1 fully saturated rings. The second kappa shape index (κ2) is 11.0. The van der Waals surface area contributed by atoms with E-state index in [1.165, 1.54) is 30.3 Å². The monoisotopic (exact) mass is 612 g/mol. The van der Waals surface area contributed by atoms with E-state index in [0.717, 1.165) is 16.0 Å². The Labute approximate surface area is 234 Å². The summed E-state index contributed by atoms with van der Waals surface area (Å²) in [4.78, 5) is 39.5. The van der Waals surface area contributed by atoms with Crippen LogP contribution in [0.5, 0.6) is 11.5 Å². The van der Waals surface area contributed by atoms with Crippen LogP contribution in [0.3, 0.4) is 0 Å². The van der Waals surface area contributed by atoms with Crippen LogP contribution in [0.2, 0.25) is 0 Å². The maximum Gasteiger partial charge on any atom is 0.339 e. The van der Waals surface area contributed by atoms with E-state index in [-0.39, 0.29) is 33.0 Å². The molecule has 0 bridgehead atoms. The van der Waals surface area contributed by atoms with Crippen molar-refractivity contribution in [3.63, 3.8) is 0 Å². The van der Waals surface area contributed by atoms with Gasteiger partial charge in [-0.1, -0.05) is 35.4 Å². The standard InChI is InChI=1S/C28H25BrN2O7S/c1-5-37-24-15-19(14-22(29)25(24)38-39(35,36)20-9-6-16(2)7-10-20)13-21-26(32)30-28(34)31(27(21)33)23-11-8-17(3)12-18(23)4/h6-15H,5H2,1-4H3,(H,30,32,34)/b21-13+. The highest BCUT2D eigenvalue weighted by molar-refractivity contribution is 9.10. The number of benzene rings is 3. The first-order valence-electron chi connectivity index (χ1n) is 11.9. The molecule has 0 radical (unpaired) electrons. The highest BCUT2D eigenvalue weighted by Crippen LogP contribution is 2.39. The average Bonchev–Trinajstić information content (AvgIpc) is 2.85. The van der Waals surface area contributed by atoms with E-state index < -0.39 is 28.0 Å². The number of urea groups is 1. The summed E-state index contributed by atoms with van der Waals surface area (Å²) in [7, 11) is -4.19. The van der Waals surface area contributed by atoms with Gasteiger partial charge in [0.15, 0.2) is 11.5 Å². The molecule has 0 atom stereocenters. The Morgan fingerprint density at radius 3 is 2.26 bits per heavy atom. The van der Waals surface area contributed by atoms with Gasteiger partial charge in [0.05, 0.1) is 16.8 Å². The largest absolute Gasteiger partial charge is 0.490 e. The van der Waals surface area contributed by atoms with Crippen LogP contribution in [0.25, 0.3) is 6.08 Å². The fourth-order valence-corrected chi connectivity index (χ4v) is 5.58. The first-order valence-corrected chi connectivity index (χ1v) is 14.1. The van der Waals surface area contributed by atoms with E-state index in [1.807, 2.05) is 19.9 Å². The molecule has 1 aliphatic heterocycles. The maximum atomic E-state index is 13.3. The van der Waals surface area contributed by atoms with Crippen LogP contribution in [0.1, 0.15) is 29.2 Å². The van der Waals surface area contributed by atoms with Gasteiger partial charge in [0.1, 0.15) is 10.5 Å². The molecule has 1 aliphatic rings. The highest BCUT2D eigenvalue weighted by atomic mass is 79.9. The van der Waals surface area contributed by atoms with Crippen molar-refractivity contribution in [3.8, 4) is 11.5 Å². The Bertz CT molecular complexity index is 1630. The quantitative estimate of drug-likeness (QED) is 0.221. The number of anilines is 1. The molecule has 202 valence electrons. The Kier molecular flexibility index (Phi) is 7.94. The van der Waals surface area contributed by atoms with Gasteiger partial charge < -0.3 is 8.92 Å². The minimum atomic E-state index is -4.19. The van der Waals surface area contributed by atoms with E-state index in [2.05, 4.69) is 21.2 Å². The van der Waals surface area contributed by atoms with Crippen LogP contribution < -0.4 is 19.1 Å². The van der Waals surface area contributed by atoms with Crippen molar-refractivity contribution in [2.24, 2.45) is 0 Å². The van der Waals surface area contributed by atoms with Crippen molar-refractivity contribution in [1.29, 1.82) is 0 Å². The third-order valence-corrected chi connectivity index (χ3v) is 7.66. The van der Waals surface area contributed by atoms with Gasteiger partial charge in [-0.25, -0.2) is 9.69 Å². The topological polar surface area (TPSA) is 119 Å². The first kappa shape index (κ1) is 28.1. The zero-order valence-corrected chi connectivity index (χ0v) is 24.0. The van der Waals surface area contributed by atoms with E-state index in [9.17, 15) is 22.8 Å². The lowest BCUT2D eigenvalue weighted by molar-refractivity contribution is -0.122. The number of nitrogens with zero attached hydrogens (tertiary/aromatic N) is 1. The molecule has 9 nitrogen and oxygen atoms in total. The van der Waals surface area contributed by atoms with Gasteiger partial charge in [0, 0.05) is 0 Å². The highest BCUT2D eigenvalue weighted by Gasteiger charge is 2.37. The number of carbonyl (C=O) groups excluding carboxylic acids is 3. The van der Waals surface area contributed by atoms with E-state index in [1.54, 1.807) is 38.1 Å². The van der Waals surface area contributed by atoms with Crippen molar-refractivity contribution in [1.82, 2.24) is 5.32 Å². The van der Waals surface area contributed by atoms with Gasteiger partial charge in [-0.3, -0.25) is 14.9 Å². The fraction of sp³-hybridized carbons (Fsp3) is 0.179. The van der Waals surface area contributed by atoms with Gasteiger partial charge in [-0.2, -0.15) is 8.42 Å². The van der Waals surface area contributed by atoms with Crippen LogP contribution in [-0.4, -0.2) is 32.9 Å². The molecule has 0 unspecified atom stereocenters. The second-order valence-electron chi connectivity index (χ2n) is 8.86. The Hall–Kier alpha value is -3.96. The number of carbonyl (C=O) groups is 3. The van der Waals surface area contributed by atoms with Crippen molar-refractivity contribution < 1.29 is 31.7 Å². The van der Waals surface area contributed by atoms with E-state index >= 15 is 0 Å². The molecule has 4 amide bonds. The number of halogens is 1. The van der Waals surface area contributed by atoms with Gasteiger partial charge in [-0.05, 0) is 91.2 Å². The number of ether oxygens (including phenoxy) is 1. The summed E-state index contributed by atoms with van der Waals surface area (Å²) in [5, 5.41) is 2.20. The zero-order chi connectivity index (χ0) is 28.5. The maximum absolute atomic E-state index is 13.3. The predicted octanol–water partition coefficient (Wildman–Crippen LogP) is 5.21. The molecular weight excluding hydrogens is 588 g/mol. The van der Waals surface area contributed by atoms with Crippen molar-refractivity contribution in [2.45, 2.75) is 32.6 Å². The fourth-order valence-electron chi connectivity index (χ4n) is 3.98. The lowest BCUT2D eigenvalue weighted by atomic mass is 10.0. The summed E-state index contributed by atoms with van der Waals surface area (Å²) < 4.78 is 37.1. The number of aryl methyl sites for hydroxylation is 3. The summed E-state index contributed by atoms with van der Waals surface area (Å²) >= 11 is 3.33. The first-order chi connectivity index (χ1) is 18.4. The summed E-state index contributed by atoms with van der Waals surface area (Å²) in [6.45, 7) is 7.38. The summed E-state index contributed by atoms with van der Waals surface area (Å²) in [6, 6.07) is 13.5. The second-order valence-corrected chi connectivity index (χ2v) is 11.3. The molecule has 1 N–H and O–H groups in total. The zero-order valence-electron chi connectivity index (χ0n) is 21.6. The van der Waals surface area contributed by atoms with Crippen LogP contribution >= 0.6 is 15.9 Å². The molecule has 11 heteroatoms. The molecule has 1 heterocycles. The molecule has 0 aromatic heterocycles. The molecule has 3 aromatic carbocycles. The van der Waals surface area contributed by atoms with Crippen LogP contribution in [-0.2, 0) is 19.7 Å². The number of amides is 4. The summed E-state index contributed by atoms with van der Waals surface area (Å²) in [5.74, 6) is -1.68. The van der Waals surface area contributed by atoms with Crippen molar-refractivity contribution in [3.05, 3.63) is 86.9 Å². The molecule has 3 aromatic rings. The third kappa shape index (κ3) is 5.89. The molecular formula is C28H25BrN2O7S. The Morgan fingerprint density at radius 1 is 0.949 bits per heavy atom. The normalized spacial score (nSPS) is 14.9. The van der Waals surface area contributed by atoms with Crippen LogP contribution in [0.4, 0.5) is 10.5 Å². The molecule has 0 aliphatic carbocycles. The SMILES string of the molecule is CCOc1cc(/C=C2\C(=O)NC(=O)N(c3ccc(C)cc3C)C2=O)cc(Br)c1OS(=O)(=O)c1ccc(C)cc1. The average molecular weight is 613 g/mol. The number of hydrogen-bond donors (Lipinski definition) is 1. The molecule has 4 rings (SSSR count). The van der Waals surface area contributed by atoms with E-state index in [4.69, 9.17) is 8.92 Å². The smallest absolute Gasteiger partial charge is 0.339 e. The van der Waals surface area contributed by atoms with Gasteiger partial charge in [0.25, 0.3) is 11.8 Å². The summed E-state index contributed by atoms with van der Waals surface area (Å²) in [5.41, 5.74) is 2.92. The number of imide groups is 2. The van der Waals surface area contributed by atoms with Crippen LogP contribution in [0.15, 0.2) is 69.5 Å². The lowest BCUT2D eigenvalue weighted by Gasteiger charge is -2.27. The lowest BCUT2D eigenvalue weighted by Crippen LogP contribution is -2.54. The molecule has 1 saturated heterocycles. The third-order valence-electron chi connectivity index (χ3n) is 5.84. The molecule has 0 spiro atoms. The Morgan fingerprint density at radius 2 is 1.62 bits per heavy atom. The van der Waals surface area contributed by atoms with Gasteiger partial charge in [-0.15, -0.1) is 0 Å². The van der Waals surface area contributed by atoms with E-state index in [0.29, 0.717) is 16.8 Å². The molecule has 0 saturated carbocycles.